The number of thiophene rings is 1. The zero-order valence-corrected chi connectivity index (χ0v) is 20.0. The number of rotatable bonds is 4. The zero-order chi connectivity index (χ0) is 22.1. The Balaban J connectivity index is 1.68. The topological polar surface area (TPSA) is 17.8 Å². The van der Waals surface area contributed by atoms with Gasteiger partial charge >= 0.3 is 0 Å². The van der Waals surface area contributed by atoms with Gasteiger partial charge in [0.1, 0.15) is 5.82 Å². The summed E-state index contributed by atoms with van der Waals surface area (Å²) >= 11 is 1.91. The lowest BCUT2D eigenvalue weighted by Gasteiger charge is -2.23. The molecule has 1 saturated carbocycles. The molecule has 3 aromatic carbocycles. The molecule has 2 nitrogen and oxygen atoms in total. The van der Waals surface area contributed by atoms with Crippen molar-refractivity contribution in [3.8, 4) is 17.1 Å². The summed E-state index contributed by atoms with van der Waals surface area (Å²) in [5.74, 6) is 1.04. The summed E-state index contributed by atoms with van der Waals surface area (Å²) in [6.07, 6.45) is 6.42. The molecule has 0 amide bonds. The van der Waals surface area contributed by atoms with Crippen molar-refractivity contribution in [3.05, 3.63) is 84.2 Å². The quantitative estimate of drug-likeness (QED) is 0.277. The third-order valence-electron chi connectivity index (χ3n) is 7.81. The van der Waals surface area contributed by atoms with Gasteiger partial charge in [0.25, 0.3) is 0 Å². The predicted molar refractivity (Wildman–Crippen MR) is 137 cm³/mol. The summed E-state index contributed by atoms with van der Waals surface area (Å²) in [5, 5.41) is 2.68. The molecule has 1 atom stereocenters. The van der Waals surface area contributed by atoms with Crippen LogP contribution >= 0.6 is 11.3 Å². The van der Waals surface area contributed by atoms with Crippen molar-refractivity contribution in [1.82, 2.24) is 9.55 Å². The van der Waals surface area contributed by atoms with Crippen molar-refractivity contribution in [1.29, 1.82) is 0 Å². The highest BCUT2D eigenvalue weighted by molar-refractivity contribution is 7.25. The van der Waals surface area contributed by atoms with Crippen LogP contribution in [0.15, 0.2) is 73.1 Å². The molecule has 0 N–H and O–H groups in total. The van der Waals surface area contributed by atoms with Crippen LogP contribution in [0.5, 0.6) is 0 Å². The molecule has 6 rings (SSSR count). The van der Waals surface area contributed by atoms with Crippen LogP contribution in [0.3, 0.4) is 0 Å². The first-order valence-corrected chi connectivity index (χ1v) is 12.3. The van der Waals surface area contributed by atoms with Gasteiger partial charge in [-0.15, -0.1) is 11.3 Å². The van der Waals surface area contributed by atoms with Gasteiger partial charge in [0.15, 0.2) is 0 Å². The molecule has 2 aromatic heterocycles. The fourth-order valence-electron chi connectivity index (χ4n) is 5.85. The number of imidazole rings is 1. The van der Waals surface area contributed by atoms with Crippen LogP contribution in [0.4, 0.5) is 0 Å². The monoisotopic (exact) mass is 436 g/mol. The van der Waals surface area contributed by atoms with Crippen molar-refractivity contribution < 1.29 is 0 Å². The Morgan fingerprint density at radius 2 is 1.72 bits per heavy atom. The average Bonchev–Trinajstić information content (AvgIpc) is 3.13. The fourth-order valence-corrected chi connectivity index (χ4v) is 6.97. The Hall–Kier alpha value is -2.91. The van der Waals surface area contributed by atoms with Crippen LogP contribution < -0.4 is 0 Å². The number of hydrogen-bond donors (Lipinski definition) is 0. The second kappa shape index (κ2) is 6.79. The van der Waals surface area contributed by atoms with Crippen molar-refractivity contribution in [2.75, 3.05) is 0 Å². The largest absolute Gasteiger partial charge is 0.300 e. The van der Waals surface area contributed by atoms with E-state index in [1.165, 1.54) is 49.0 Å². The van der Waals surface area contributed by atoms with Gasteiger partial charge < -0.3 is 0 Å². The molecular formula is C29H28N2S. The minimum absolute atomic E-state index is 0.204. The molecule has 0 saturated heterocycles. The maximum absolute atomic E-state index is 4.93. The molecule has 1 unspecified atom stereocenters. The Bertz CT molecular complexity index is 1490. The van der Waals surface area contributed by atoms with E-state index in [1.54, 1.807) is 0 Å². The second-order valence-corrected chi connectivity index (χ2v) is 11.0. The minimum Gasteiger partial charge on any atom is -0.300 e. The highest BCUT2D eigenvalue weighted by atomic mass is 32.1. The smallest absolute Gasteiger partial charge is 0.144 e. The fraction of sp³-hybridized carbons (Fsp3) is 0.276. The normalized spacial score (nSPS) is 19.6. The summed E-state index contributed by atoms with van der Waals surface area (Å²) in [7, 11) is 0. The molecule has 160 valence electrons. The van der Waals surface area contributed by atoms with E-state index in [9.17, 15) is 0 Å². The van der Waals surface area contributed by atoms with Crippen LogP contribution in [0.1, 0.15) is 44.7 Å². The lowest BCUT2D eigenvalue weighted by Crippen LogP contribution is -2.15. The summed E-state index contributed by atoms with van der Waals surface area (Å²) in [4.78, 5) is 4.93. The molecule has 0 aliphatic heterocycles. The maximum atomic E-state index is 4.93. The molecule has 2 heterocycles. The summed E-state index contributed by atoms with van der Waals surface area (Å²) in [6.45, 7) is 9.36. The number of hydrogen-bond acceptors (Lipinski definition) is 2. The van der Waals surface area contributed by atoms with Gasteiger partial charge in [-0.1, -0.05) is 57.2 Å². The summed E-state index contributed by atoms with van der Waals surface area (Å²) in [5.41, 5.74) is 5.71. The molecule has 0 spiro atoms. The molecule has 32 heavy (non-hydrogen) atoms. The standard InChI is InChI=1S/C29H28N2S/c1-5-29(18-28(29,3)4)23-17-26-21(20-11-7-9-13-25(20)32-26)16-22(23)27-30-14-15-31(27)24-12-8-6-10-19(24)2/h6-17H,5,18H2,1-4H3. The average molecular weight is 437 g/mol. The van der Waals surface area contributed by atoms with Crippen LogP contribution in [0, 0.1) is 12.3 Å². The first-order valence-electron chi connectivity index (χ1n) is 11.5. The van der Waals surface area contributed by atoms with Gasteiger partial charge in [-0.2, -0.15) is 0 Å². The van der Waals surface area contributed by atoms with E-state index in [0.717, 1.165) is 12.2 Å². The number of aromatic nitrogens is 2. The van der Waals surface area contributed by atoms with Crippen molar-refractivity contribution in [3.63, 3.8) is 0 Å². The molecule has 0 radical (unpaired) electrons. The number of nitrogens with zero attached hydrogens (tertiary/aromatic N) is 2. The number of aryl methyl sites for hydroxylation is 1. The van der Waals surface area contributed by atoms with Gasteiger partial charge in [-0.3, -0.25) is 4.57 Å². The third-order valence-corrected chi connectivity index (χ3v) is 8.94. The number of benzene rings is 3. The van der Waals surface area contributed by atoms with E-state index in [4.69, 9.17) is 4.98 Å². The molecule has 1 aliphatic rings. The number of para-hydroxylation sites is 1. The highest BCUT2D eigenvalue weighted by Gasteiger charge is 2.61. The molecule has 3 heteroatoms. The summed E-state index contributed by atoms with van der Waals surface area (Å²) < 4.78 is 5.01. The Morgan fingerprint density at radius 1 is 0.969 bits per heavy atom. The van der Waals surface area contributed by atoms with E-state index in [2.05, 4.69) is 99.1 Å². The first-order chi connectivity index (χ1) is 15.4. The van der Waals surface area contributed by atoms with E-state index >= 15 is 0 Å². The molecular weight excluding hydrogens is 408 g/mol. The summed E-state index contributed by atoms with van der Waals surface area (Å²) in [6, 6.07) is 22.3. The molecule has 0 bridgehead atoms. The van der Waals surface area contributed by atoms with Crippen LogP contribution in [-0.2, 0) is 5.41 Å². The number of fused-ring (bicyclic) bond motifs is 3. The lowest BCUT2D eigenvalue weighted by atomic mass is 9.82. The van der Waals surface area contributed by atoms with E-state index in [0.29, 0.717) is 5.41 Å². The second-order valence-electron chi connectivity index (χ2n) is 9.90. The predicted octanol–water partition coefficient (Wildman–Crippen LogP) is 8.29. The third kappa shape index (κ3) is 2.67. The van der Waals surface area contributed by atoms with Crippen molar-refractivity contribution in [2.24, 2.45) is 5.41 Å². The Morgan fingerprint density at radius 3 is 2.47 bits per heavy atom. The maximum Gasteiger partial charge on any atom is 0.144 e. The molecule has 5 aromatic rings. The van der Waals surface area contributed by atoms with Crippen LogP contribution in [-0.4, -0.2) is 9.55 Å². The highest BCUT2D eigenvalue weighted by Crippen LogP contribution is 2.67. The van der Waals surface area contributed by atoms with Crippen molar-refractivity contribution >= 4 is 31.5 Å². The minimum atomic E-state index is 0.204. The van der Waals surface area contributed by atoms with Gasteiger partial charge in [-0.05, 0) is 60.6 Å². The molecule has 1 aliphatic carbocycles. The van der Waals surface area contributed by atoms with Crippen LogP contribution in [0.25, 0.3) is 37.2 Å². The van der Waals surface area contributed by atoms with Crippen molar-refractivity contribution in [2.45, 2.75) is 46.0 Å². The van der Waals surface area contributed by atoms with Gasteiger partial charge in [-0.25, -0.2) is 4.98 Å². The Kier molecular flexibility index (Phi) is 4.19. The Labute approximate surface area is 193 Å². The van der Waals surface area contributed by atoms with E-state index < -0.39 is 0 Å². The zero-order valence-electron chi connectivity index (χ0n) is 19.1. The SMILES string of the molecule is CCC1(c2cc3sc4ccccc4c3cc2-c2nccn2-c2ccccc2C)CC1(C)C. The van der Waals surface area contributed by atoms with Gasteiger partial charge in [0, 0.05) is 49.2 Å². The molecule has 1 fully saturated rings. The van der Waals surface area contributed by atoms with E-state index in [1.807, 2.05) is 17.5 Å². The van der Waals surface area contributed by atoms with Gasteiger partial charge in [0.05, 0.1) is 0 Å². The van der Waals surface area contributed by atoms with Gasteiger partial charge in [0.2, 0.25) is 0 Å². The van der Waals surface area contributed by atoms with E-state index in [-0.39, 0.29) is 5.41 Å². The first kappa shape index (κ1) is 19.8. The van der Waals surface area contributed by atoms with Crippen LogP contribution in [0.2, 0.25) is 0 Å². The lowest BCUT2D eigenvalue weighted by molar-refractivity contribution is 0.484.